The van der Waals surface area contributed by atoms with Gasteiger partial charge in [0.1, 0.15) is 5.67 Å². The van der Waals surface area contributed by atoms with Crippen LogP contribution < -0.4 is 10.6 Å². The van der Waals surface area contributed by atoms with Crippen molar-refractivity contribution in [2.75, 3.05) is 19.4 Å². The van der Waals surface area contributed by atoms with Crippen molar-refractivity contribution in [1.29, 1.82) is 0 Å². The third-order valence-corrected chi connectivity index (χ3v) is 4.34. The molecule has 1 rings (SSSR count). The number of aliphatic imine (C=N–C) groups is 2. The van der Waals surface area contributed by atoms with Gasteiger partial charge in [0.25, 0.3) is 0 Å². The highest BCUT2D eigenvalue weighted by molar-refractivity contribution is 6.44. The third-order valence-electron chi connectivity index (χ3n) is 4.34. The minimum absolute atomic E-state index is 0.0874. The van der Waals surface area contributed by atoms with Crippen molar-refractivity contribution in [2.24, 2.45) is 15.9 Å². The topological polar surface area (TPSA) is 48.8 Å². The van der Waals surface area contributed by atoms with Crippen molar-refractivity contribution in [3.63, 3.8) is 0 Å². The molecular weight excluding hydrogens is 303 g/mol. The van der Waals surface area contributed by atoms with Crippen LogP contribution in [0.15, 0.2) is 34.3 Å². The molecule has 1 aromatic carbocycles. The molecule has 0 fully saturated rings. The summed E-state index contributed by atoms with van der Waals surface area (Å²) in [4.78, 5) is 8.54. The lowest BCUT2D eigenvalue weighted by molar-refractivity contribution is 0.110. The molecule has 2 unspecified atom stereocenters. The van der Waals surface area contributed by atoms with Crippen LogP contribution in [0.1, 0.15) is 46.6 Å². The molecule has 24 heavy (non-hydrogen) atoms. The Kier molecular flexibility index (Phi) is 7.39. The number of alkyl halides is 1. The fraction of sp³-hybridized carbons (Fsp3) is 0.579. The lowest BCUT2D eigenvalue weighted by Gasteiger charge is -2.30. The van der Waals surface area contributed by atoms with E-state index in [9.17, 15) is 0 Å². The highest BCUT2D eigenvalue weighted by atomic mass is 19.1. The minimum Gasteiger partial charge on any atom is -0.365 e. The zero-order chi connectivity index (χ0) is 18.3. The normalized spacial score (nSPS) is 16.7. The van der Waals surface area contributed by atoms with Gasteiger partial charge < -0.3 is 10.6 Å². The maximum atomic E-state index is 15.4. The van der Waals surface area contributed by atoms with Crippen LogP contribution in [-0.2, 0) is 5.67 Å². The summed E-state index contributed by atoms with van der Waals surface area (Å²) in [7, 11) is 3.41. The van der Waals surface area contributed by atoms with Gasteiger partial charge in [0.15, 0.2) is 11.7 Å². The van der Waals surface area contributed by atoms with Crippen LogP contribution >= 0.6 is 0 Å². The number of rotatable bonds is 5. The van der Waals surface area contributed by atoms with Gasteiger partial charge in [-0.2, -0.15) is 0 Å². The zero-order valence-electron chi connectivity index (χ0n) is 15.9. The van der Waals surface area contributed by atoms with Crippen LogP contribution in [-0.4, -0.2) is 31.8 Å². The maximum Gasteiger partial charge on any atom is 0.168 e. The maximum absolute atomic E-state index is 15.4. The van der Waals surface area contributed by atoms with Crippen LogP contribution in [0.4, 0.5) is 10.1 Å². The Bertz CT molecular complexity index is 591. The molecule has 0 aliphatic carbocycles. The number of benzene rings is 1. The molecule has 0 aromatic heterocycles. The van der Waals surface area contributed by atoms with Crippen LogP contribution in [0.3, 0.4) is 0 Å². The first-order valence-electron chi connectivity index (χ1n) is 8.53. The Morgan fingerprint density at radius 1 is 1.12 bits per heavy atom. The Morgan fingerprint density at radius 3 is 2.21 bits per heavy atom. The molecule has 1 aromatic rings. The summed E-state index contributed by atoms with van der Waals surface area (Å²) in [6.45, 7) is 9.66. The lowest BCUT2D eigenvalue weighted by atomic mass is 9.83. The van der Waals surface area contributed by atoms with E-state index in [4.69, 9.17) is 0 Å². The number of nitrogens with one attached hydrogen (secondary N) is 2. The Morgan fingerprint density at radius 2 is 1.71 bits per heavy atom. The van der Waals surface area contributed by atoms with Gasteiger partial charge >= 0.3 is 0 Å². The Labute approximate surface area is 145 Å². The first-order valence-corrected chi connectivity index (χ1v) is 8.53. The summed E-state index contributed by atoms with van der Waals surface area (Å²) in [5.74, 6) is 1.17. The predicted molar refractivity (Wildman–Crippen MR) is 103 cm³/mol. The highest BCUT2D eigenvalue weighted by Crippen LogP contribution is 2.39. The minimum atomic E-state index is -1.42. The second kappa shape index (κ2) is 8.81. The van der Waals surface area contributed by atoms with E-state index in [0.717, 1.165) is 12.1 Å². The molecule has 0 aliphatic heterocycles. The van der Waals surface area contributed by atoms with Gasteiger partial charge in [0.2, 0.25) is 0 Å². The van der Waals surface area contributed by atoms with Crippen LogP contribution in [0.5, 0.6) is 0 Å². The molecule has 0 saturated carbocycles. The van der Waals surface area contributed by atoms with Crippen molar-refractivity contribution >= 4 is 17.4 Å². The van der Waals surface area contributed by atoms with E-state index in [-0.39, 0.29) is 12.0 Å². The highest BCUT2D eigenvalue weighted by Gasteiger charge is 2.34. The quantitative estimate of drug-likeness (QED) is 0.620. The van der Waals surface area contributed by atoms with E-state index >= 15 is 4.39 Å². The van der Waals surface area contributed by atoms with Crippen LogP contribution in [0.25, 0.3) is 0 Å². The number of halogens is 1. The standard InChI is InChI=1S/C19H31FN4/c1-8-14(4)19(5,20)15-11-9-10-12-16(15)24-18(22-7)17(21-6)23-13(2)3/h9-14H,8H2,1-7H3,(H,21,23)(H,22,24). The van der Waals surface area contributed by atoms with Crippen molar-refractivity contribution in [2.45, 2.75) is 52.8 Å². The molecule has 2 N–H and O–H groups in total. The fourth-order valence-electron chi connectivity index (χ4n) is 2.53. The molecule has 0 amide bonds. The molecule has 0 radical (unpaired) electrons. The van der Waals surface area contributed by atoms with Crippen molar-refractivity contribution in [3.8, 4) is 0 Å². The molecule has 0 aliphatic rings. The van der Waals surface area contributed by atoms with Crippen LogP contribution in [0, 0.1) is 5.92 Å². The molecule has 4 nitrogen and oxygen atoms in total. The van der Waals surface area contributed by atoms with Crippen molar-refractivity contribution in [1.82, 2.24) is 5.32 Å². The fourth-order valence-corrected chi connectivity index (χ4v) is 2.53. The number of amidine groups is 2. The average Bonchev–Trinajstić information content (AvgIpc) is 2.56. The van der Waals surface area contributed by atoms with Gasteiger partial charge in [0.05, 0.1) is 0 Å². The van der Waals surface area contributed by atoms with Crippen molar-refractivity contribution < 1.29 is 4.39 Å². The van der Waals surface area contributed by atoms with E-state index in [1.54, 1.807) is 21.0 Å². The van der Waals surface area contributed by atoms with E-state index in [1.165, 1.54) is 0 Å². The first-order chi connectivity index (χ1) is 11.3. The molecule has 5 heteroatoms. The monoisotopic (exact) mass is 334 g/mol. The van der Waals surface area contributed by atoms with E-state index in [0.29, 0.717) is 17.2 Å². The van der Waals surface area contributed by atoms with Gasteiger partial charge in [-0.15, -0.1) is 0 Å². The van der Waals surface area contributed by atoms with Gasteiger partial charge in [-0.3, -0.25) is 9.98 Å². The smallest absolute Gasteiger partial charge is 0.168 e. The van der Waals surface area contributed by atoms with Gasteiger partial charge in [0, 0.05) is 31.4 Å². The molecule has 134 valence electrons. The summed E-state index contributed by atoms with van der Waals surface area (Å²) in [6, 6.07) is 7.70. The Balaban J connectivity index is 3.20. The first kappa shape index (κ1) is 20.1. The summed E-state index contributed by atoms with van der Waals surface area (Å²) in [6.07, 6.45) is 0.770. The molecule has 0 spiro atoms. The number of anilines is 1. The van der Waals surface area contributed by atoms with E-state index in [1.807, 2.05) is 52.0 Å². The molecular formula is C19H31FN4. The second-order valence-electron chi connectivity index (χ2n) is 6.50. The van der Waals surface area contributed by atoms with E-state index < -0.39 is 5.67 Å². The summed E-state index contributed by atoms with van der Waals surface area (Å²) in [5, 5.41) is 6.51. The number of hydrogen-bond acceptors (Lipinski definition) is 2. The molecule has 0 saturated heterocycles. The number of nitrogens with zero attached hydrogens (tertiary/aromatic N) is 2. The zero-order valence-corrected chi connectivity index (χ0v) is 15.9. The number of hydrogen-bond donors (Lipinski definition) is 2. The molecule has 2 atom stereocenters. The largest absolute Gasteiger partial charge is 0.365 e. The SMILES string of the molecule is CCC(C)C(C)(F)c1ccccc1NC(=NC)C(=NC)NC(C)C. The number of para-hydroxylation sites is 1. The summed E-state index contributed by atoms with van der Waals surface area (Å²) in [5.41, 5.74) is -0.0674. The van der Waals surface area contributed by atoms with Gasteiger partial charge in [-0.1, -0.05) is 38.5 Å². The van der Waals surface area contributed by atoms with Gasteiger partial charge in [-0.25, -0.2) is 4.39 Å². The lowest BCUT2D eigenvalue weighted by Crippen LogP contribution is -2.40. The third kappa shape index (κ3) is 4.79. The second-order valence-corrected chi connectivity index (χ2v) is 6.50. The Hall–Kier alpha value is -1.91. The molecule has 0 heterocycles. The summed E-state index contributed by atoms with van der Waals surface area (Å²) >= 11 is 0. The average molecular weight is 334 g/mol. The molecule has 0 bridgehead atoms. The van der Waals surface area contributed by atoms with Crippen molar-refractivity contribution in [3.05, 3.63) is 29.8 Å². The predicted octanol–water partition coefficient (Wildman–Crippen LogP) is 4.38. The van der Waals surface area contributed by atoms with Crippen LogP contribution in [0.2, 0.25) is 0 Å². The summed E-state index contributed by atoms with van der Waals surface area (Å²) < 4.78 is 15.4. The van der Waals surface area contributed by atoms with Gasteiger partial charge in [-0.05, 0) is 32.8 Å². The van der Waals surface area contributed by atoms with E-state index in [2.05, 4.69) is 20.6 Å².